The molecule has 0 spiro atoms. The van der Waals surface area contributed by atoms with Gasteiger partial charge in [0.2, 0.25) is 5.91 Å². The fraction of sp³-hybridized carbons (Fsp3) is 0.316. The van der Waals surface area contributed by atoms with Crippen LogP contribution in [0.25, 0.3) is 0 Å². The lowest BCUT2D eigenvalue weighted by atomic mass is 10.3. The number of rotatable bonds is 8. The van der Waals surface area contributed by atoms with E-state index in [1.807, 2.05) is 0 Å². The largest absolute Gasteiger partial charge is 0.493 e. The van der Waals surface area contributed by atoms with E-state index in [0.29, 0.717) is 16.5 Å². The lowest BCUT2D eigenvalue weighted by Crippen LogP contribution is -2.41. The predicted octanol–water partition coefficient (Wildman–Crippen LogP) is 2.83. The summed E-state index contributed by atoms with van der Waals surface area (Å²) < 4.78 is 38.1. The second-order valence-electron chi connectivity index (χ2n) is 6.35. The van der Waals surface area contributed by atoms with Gasteiger partial charge in [0.15, 0.2) is 11.5 Å². The number of hydrogen-bond donors (Lipinski definition) is 1. The minimum absolute atomic E-state index is 0.0145. The van der Waals surface area contributed by atoms with Crippen LogP contribution >= 0.6 is 11.6 Å². The molecular formula is C19H21ClN2O5S. The molecule has 2 aromatic rings. The van der Waals surface area contributed by atoms with Crippen molar-refractivity contribution in [2.24, 2.45) is 0 Å². The zero-order valence-corrected chi connectivity index (χ0v) is 17.1. The summed E-state index contributed by atoms with van der Waals surface area (Å²) in [5.74, 6) is 0.328. The average Bonchev–Trinajstić information content (AvgIpc) is 3.50. The van der Waals surface area contributed by atoms with Gasteiger partial charge >= 0.3 is 0 Å². The molecule has 0 saturated heterocycles. The van der Waals surface area contributed by atoms with Crippen molar-refractivity contribution in [3.05, 3.63) is 47.5 Å². The van der Waals surface area contributed by atoms with E-state index in [9.17, 15) is 13.2 Å². The number of sulfonamides is 1. The smallest absolute Gasteiger partial charge is 0.264 e. The van der Waals surface area contributed by atoms with Crippen LogP contribution in [0, 0.1) is 0 Å². The quantitative estimate of drug-likeness (QED) is 0.704. The van der Waals surface area contributed by atoms with E-state index in [4.69, 9.17) is 21.1 Å². The number of benzene rings is 2. The van der Waals surface area contributed by atoms with Crippen molar-refractivity contribution < 1.29 is 22.7 Å². The number of ether oxygens (including phenoxy) is 2. The molecule has 0 radical (unpaired) electrons. The zero-order valence-electron chi connectivity index (χ0n) is 15.5. The Labute approximate surface area is 169 Å². The topological polar surface area (TPSA) is 84.9 Å². The number of carbonyl (C=O) groups excluding carboxylic acids is 1. The highest BCUT2D eigenvalue weighted by Gasteiger charge is 2.30. The van der Waals surface area contributed by atoms with E-state index in [-0.39, 0.29) is 29.1 Å². The third kappa shape index (κ3) is 4.51. The average molecular weight is 425 g/mol. The van der Waals surface area contributed by atoms with E-state index >= 15 is 0 Å². The molecule has 0 unspecified atom stereocenters. The van der Waals surface area contributed by atoms with Crippen molar-refractivity contribution in [2.75, 3.05) is 25.1 Å². The molecule has 2 aromatic carbocycles. The Morgan fingerprint density at radius 2 is 1.75 bits per heavy atom. The maximum atomic E-state index is 13.3. The molecule has 1 saturated carbocycles. The molecule has 0 aliphatic heterocycles. The van der Waals surface area contributed by atoms with Gasteiger partial charge in [0.1, 0.15) is 6.54 Å². The Kier molecular flexibility index (Phi) is 6.00. The molecule has 9 heteroatoms. The first-order valence-electron chi connectivity index (χ1n) is 8.65. The molecule has 1 N–H and O–H groups in total. The molecule has 0 aromatic heterocycles. The second kappa shape index (κ2) is 8.28. The highest BCUT2D eigenvalue weighted by atomic mass is 35.5. The molecule has 1 fully saturated rings. The Bertz CT molecular complexity index is 959. The summed E-state index contributed by atoms with van der Waals surface area (Å²) in [6.45, 7) is -0.338. The summed E-state index contributed by atoms with van der Waals surface area (Å²) in [6, 6.07) is 10.7. The first kappa shape index (κ1) is 20.3. The third-order valence-electron chi connectivity index (χ3n) is 4.29. The van der Waals surface area contributed by atoms with Crippen molar-refractivity contribution in [3.8, 4) is 11.5 Å². The molecule has 150 valence electrons. The summed E-state index contributed by atoms with van der Waals surface area (Å²) in [5.41, 5.74) is 0.338. The van der Waals surface area contributed by atoms with Crippen LogP contribution in [-0.2, 0) is 14.8 Å². The molecule has 0 atom stereocenters. The fourth-order valence-electron chi connectivity index (χ4n) is 2.66. The molecule has 0 bridgehead atoms. The number of nitrogens with zero attached hydrogens (tertiary/aromatic N) is 1. The van der Waals surface area contributed by atoms with Crippen LogP contribution in [0.5, 0.6) is 11.5 Å². The summed E-state index contributed by atoms with van der Waals surface area (Å²) >= 11 is 5.93. The van der Waals surface area contributed by atoms with Crippen LogP contribution in [0.2, 0.25) is 5.02 Å². The highest BCUT2D eigenvalue weighted by molar-refractivity contribution is 7.92. The number of methoxy groups -OCH3 is 2. The standard InChI is InChI=1S/C19H21ClN2O5S/c1-26-17-10-9-16(11-18(17)27-2)28(24,25)22(12-19(23)21-14-5-6-14)15-7-3-13(20)4-8-15/h3-4,7-11,14H,5-6,12H2,1-2H3,(H,21,23). The van der Waals surface area contributed by atoms with Gasteiger partial charge in [-0.05, 0) is 49.2 Å². The lowest BCUT2D eigenvalue weighted by molar-refractivity contribution is -0.119. The molecule has 7 nitrogen and oxygen atoms in total. The van der Waals surface area contributed by atoms with Crippen LogP contribution in [0.3, 0.4) is 0 Å². The van der Waals surface area contributed by atoms with E-state index in [2.05, 4.69) is 5.32 Å². The summed E-state index contributed by atoms with van der Waals surface area (Å²) in [4.78, 5) is 12.3. The first-order chi connectivity index (χ1) is 13.3. The zero-order chi connectivity index (χ0) is 20.3. The Hall–Kier alpha value is -2.45. The Morgan fingerprint density at radius 1 is 1.11 bits per heavy atom. The monoisotopic (exact) mass is 424 g/mol. The first-order valence-corrected chi connectivity index (χ1v) is 10.5. The van der Waals surface area contributed by atoms with Gasteiger partial charge in [0, 0.05) is 17.1 Å². The van der Waals surface area contributed by atoms with Crippen molar-refractivity contribution in [1.82, 2.24) is 5.32 Å². The molecule has 0 heterocycles. The minimum Gasteiger partial charge on any atom is -0.493 e. The van der Waals surface area contributed by atoms with Gasteiger partial charge in [-0.2, -0.15) is 0 Å². The number of amides is 1. The van der Waals surface area contributed by atoms with E-state index in [1.54, 1.807) is 24.3 Å². The molecule has 28 heavy (non-hydrogen) atoms. The second-order valence-corrected chi connectivity index (χ2v) is 8.65. The number of nitrogens with one attached hydrogen (secondary N) is 1. The van der Waals surface area contributed by atoms with Gasteiger partial charge in [-0.25, -0.2) is 8.42 Å². The van der Waals surface area contributed by atoms with E-state index in [1.165, 1.54) is 32.4 Å². The number of anilines is 1. The van der Waals surface area contributed by atoms with Crippen molar-refractivity contribution in [3.63, 3.8) is 0 Å². The van der Waals surface area contributed by atoms with Gasteiger partial charge in [-0.1, -0.05) is 11.6 Å². The van der Waals surface area contributed by atoms with Crippen molar-refractivity contribution in [2.45, 2.75) is 23.8 Å². The van der Waals surface area contributed by atoms with Gasteiger partial charge in [0.05, 0.1) is 24.8 Å². The molecule has 3 rings (SSSR count). The van der Waals surface area contributed by atoms with Gasteiger partial charge in [-0.3, -0.25) is 9.10 Å². The molecule has 1 amide bonds. The van der Waals surface area contributed by atoms with Gasteiger partial charge < -0.3 is 14.8 Å². The molecule has 1 aliphatic rings. The van der Waals surface area contributed by atoms with Crippen LogP contribution in [0.4, 0.5) is 5.69 Å². The van der Waals surface area contributed by atoms with Crippen LogP contribution in [-0.4, -0.2) is 41.1 Å². The van der Waals surface area contributed by atoms with Crippen molar-refractivity contribution in [1.29, 1.82) is 0 Å². The van der Waals surface area contributed by atoms with Crippen LogP contribution in [0.1, 0.15) is 12.8 Å². The highest BCUT2D eigenvalue weighted by Crippen LogP contribution is 2.32. The maximum Gasteiger partial charge on any atom is 0.264 e. The number of carbonyl (C=O) groups is 1. The van der Waals surface area contributed by atoms with Crippen LogP contribution < -0.4 is 19.1 Å². The number of hydrogen-bond acceptors (Lipinski definition) is 5. The summed E-state index contributed by atoms with van der Waals surface area (Å²) in [7, 11) is -1.15. The summed E-state index contributed by atoms with van der Waals surface area (Å²) in [6.07, 6.45) is 1.82. The van der Waals surface area contributed by atoms with Crippen LogP contribution in [0.15, 0.2) is 47.4 Å². The normalized spacial score (nSPS) is 13.7. The van der Waals surface area contributed by atoms with Crippen molar-refractivity contribution >= 4 is 33.2 Å². The van der Waals surface area contributed by atoms with Gasteiger partial charge in [0.25, 0.3) is 10.0 Å². The molecule has 1 aliphatic carbocycles. The maximum absolute atomic E-state index is 13.3. The van der Waals surface area contributed by atoms with Gasteiger partial charge in [-0.15, -0.1) is 0 Å². The summed E-state index contributed by atoms with van der Waals surface area (Å²) in [5, 5.41) is 3.28. The SMILES string of the molecule is COc1ccc(S(=O)(=O)N(CC(=O)NC2CC2)c2ccc(Cl)cc2)cc1OC. The number of halogens is 1. The van der Waals surface area contributed by atoms with E-state index in [0.717, 1.165) is 17.1 Å². The molecular weight excluding hydrogens is 404 g/mol. The minimum atomic E-state index is -4.04. The Balaban J connectivity index is 1.99. The third-order valence-corrected chi connectivity index (χ3v) is 6.31. The van der Waals surface area contributed by atoms with E-state index < -0.39 is 10.0 Å². The fourth-order valence-corrected chi connectivity index (χ4v) is 4.22. The Morgan fingerprint density at radius 3 is 2.32 bits per heavy atom. The lowest BCUT2D eigenvalue weighted by Gasteiger charge is -2.24. The predicted molar refractivity (Wildman–Crippen MR) is 107 cm³/mol.